The van der Waals surface area contributed by atoms with Crippen LogP contribution < -0.4 is 0 Å². The highest BCUT2D eigenvalue weighted by molar-refractivity contribution is 6.61. The number of rotatable bonds is 4. The Balaban J connectivity index is 0. The molecule has 0 saturated carbocycles. The van der Waals surface area contributed by atoms with Crippen LogP contribution in [0.25, 0.3) is 0 Å². The topological polar surface area (TPSA) is 0 Å². The highest BCUT2D eigenvalue weighted by Crippen LogP contribution is 2.53. The Bertz CT molecular complexity index is 413. The maximum absolute atomic E-state index is 12.4. The normalized spacial score (nSPS) is 15.2. The summed E-state index contributed by atoms with van der Waals surface area (Å²) in [4.78, 5) is -4.54. The Morgan fingerprint density at radius 2 is 0.577 bits per heavy atom. The Labute approximate surface area is 178 Å². The van der Waals surface area contributed by atoms with Gasteiger partial charge in [0.1, 0.15) is 9.67 Å². The standard InChI is InChI=1S/2C4HCl4F5/c2*5-1(6)2(7,8)3(9,10)4(11,12)13/h2*1H. The fraction of sp³-hybridized carbons (Fsp3) is 1.00. The summed E-state index contributed by atoms with van der Waals surface area (Å²) in [5, 5.41) is 0. The van der Waals surface area contributed by atoms with Crippen LogP contribution in [0, 0.1) is 0 Å². The molecule has 160 valence electrons. The quantitative estimate of drug-likeness (QED) is 0.235. The molecule has 0 rings (SSSR count). The first-order valence-electron chi connectivity index (χ1n) is 5.10. The van der Waals surface area contributed by atoms with E-state index in [9.17, 15) is 43.9 Å². The molecule has 0 aliphatic carbocycles. The van der Waals surface area contributed by atoms with Crippen LogP contribution in [0.3, 0.4) is 0 Å². The summed E-state index contributed by atoms with van der Waals surface area (Å²) < 4.78 is 112. The number of halogens is 18. The van der Waals surface area contributed by atoms with Crippen LogP contribution in [-0.4, -0.2) is 42.5 Å². The lowest BCUT2D eigenvalue weighted by Gasteiger charge is -2.31. The van der Waals surface area contributed by atoms with Gasteiger partial charge < -0.3 is 0 Å². The smallest absolute Gasteiger partial charge is 0.193 e. The predicted octanol–water partition coefficient (Wildman–Crippen LogP) is 8.32. The van der Waals surface area contributed by atoms with E-state index in [1.807, 2.05) is 0 Å². The van der Waals surface area contributed by atoms with Gasteiger partial charge in [-0.25, -0.2) is 0 Å². The number of hydrogen-bond acceptors (Lipinski definition) is 0. The minimum Gasteiger partial charge on any atom is -0.193 e. The third kappa shape index (κ3) is 6.31. The lowest BCUT2D eigenvalue weighted by atomic mass is 10.2. The van der Waals surface area contributed by atoms with Crippen molar-refractivity contribution in [3.8, 4) is 0 Å². The predicted molar refractivity (Wildman–Crippen MR) is 81.9 cm³/mol. The zero-order valence-corrected chi connectivity index (χ0v) is 17.0. The van der Waals surface area contributed by atoms with Crippen molar-refractivity contribution in [3.05, 3.63) is 0 Å². The SMILES string of the molecule is FC(F)(F)C(F)(F)C(Cl)(Cl)C(Cl)Cl.FC(F)(F)C(F)(F)C(Cl)(Cl)C(Cl)Cl. The highest BCUT2D eigenvalue weighted by atomic mass is 35.5. The Morgan fingerprint density at radius 3 is 0.615 bits per heavy atom. The lowest BCUT2D eigenvalue weighted by molar-refractivity contribution is -0.286. The van der Waals surface area contributed by atoms with Crippen LogP contribution in [0.4, 0.5) is 43.9 Å². The number of hydrogen-bond donors (Lipinski definition) is 0. The molecule has 0 amide bonds. The van der Waals surface area contributed by atoms with Gasteiger partial charge in [-0.2, -0.15) is 43.9 Å². The third-order valence-electron chi connectivity index (χ3n) is 2.10. The van der Waals surface area contributed by atoms with Gasteiger partial charge in [0.15, 0.2) is 0 Å². The Hall–Kier alpha value is 1.62. The summed E-state index contributed by atoms with van der Waals surface area (Å²) in [5.41, 5.74) is 0. The molecule has 0 spiro atoms. The van der Waals surface area contributed by atoms with E-state index in [4.69, 9.17) is 46.4 Å². The molecule has 0 atom stereocenters. The molecule has 0 aliphatic rings. The second-order valence-corrected chi connectivity index (χ2v) is 8.96. The molecule has 0 N–H and O–H groups in total. The minimum absolute atomic E-state index is 2.27. The van der Waals surface area contributed by atoms with E-state index in [0.717, 1.165) is 0 Å². The van der Waals surface area contributed by atoms with E-state index in [1.165, 1.54) is 0 Å². The van der Waals surface area contributed by atoms with Crippen LogP contribution >= 0.6 is 92.8 Å². The van der Waals surface area contributed by atoms with Gasteiger partial charge >= 0.3 is 24.2 Å². The van der Waals surface area contributed by atoms with Crippen LogP contribution in [-0.2, 0) is 0 Å². The van der Waals surface area contributed by atoms with E-state index in [0.29, 0.717) is 0 Å². The first-order valence-corrected chi connectivity index (χ1v) is 8.35. The molecule has 0 saturated heterocycles. The fourth-order valence-electron chi connectivity index (χ4n) is 0.652. The van der Waals surface area contributed by atoms with Crippen molar-refractivity contribution in [1.82, 2.24) is 0 Å². The molecule has 0 fully saturated rings. The summed E-state index contributed by atoms with van der Waals surface area (Å²) in [5.74, 6) is -10.8. The van der Waals surface area contributed by atoms with Crippen molar-refractivity contribution in [2.24, 2.45) is 0 Å². The van der Waals surface area contributed by atoms with Crippen LogP contribution in [0.15, 0.2) is 0 Å². The molecule has 0 radical (unpaired) electrons. The lowest BCUT2D eigenvalue weighted by Crippen LogP contribution is -2.53. The van der Waals surface area contributed by atoms with Gasteiger partial charge in [-0.05, 0) is 0 Å². The van der Waals surface area contributed by atoms with Gasteiger partial charge in [0.25, 0.3) is 0 Å². The molecule has 0 aromatic carbocycles. The zero-order chi connectivity index (χ0) is 22.2. The second-order valence-electron chi connectivity index (χ2n) is 3.99. The second kappa shape index (κ2) is 9.18. The van der Waals surface area contributed by atoms with Gasteiger partial charge in [-0.1, -0.05) is 46.4 Å². The first-order chi connectivity index (χ1) is 10.9. The Kier molecular flexibility index (Phi) is 10.5. The van der Waals surface area contributed by atoms with Crippen molar-refractivity contribution in [1.29, 1.82) is 0 Å². The Morgan fingerprint density at radius 1 is 0.423 bits per heavy atom. The van der Waals surface area contributed by atoms with E-state index >= 15 is 0 Å². The highest BCUT2D eigenvalue weighted by Gasteiger charge is 2.72. The average molecular weight is 572 g/mol. The van der Waals surface area contributed by atoms with Crippen molar-refractivity contribution >= 4 is 92.8 Å². The molecule has 0 bridgehead atoms. The van der Waals surface area contributed by atoms with Gasteiger partial charge in [0.2, 0.25) is 8.67 Å². The molecule has 0 aliphatic heterocycles. The summed E-state index contributed by atoms with van der Waals surface area (Å²) in [6.45, 7) is 0. The van der Waals surface area contributed by atoms with Crippen molar-refractivity contribution in [2.75, 3.05) is 0 Å². The monoisotopic (exact) mass is 568 g/mol. The van der Waals surface area contributed by atoms with Crippen LogP contribution in [0.2, 0.25) is 0 Å². The molecule has 0 heterocycles. The van der Waals surface area contributed by atoms with Gasteiger partial charge in [-0.15, -0.1) is 46.4 Å². The van der Waals surface area contributed by atoms with Crippen LogP contribution in [0.5, 0.6) is 0 Å². The first kappa shape index (κ1) is 29.8. The molecular weight excluding hydrogens is 570 g/mol. The molecule has 18 heteroatoms. The fourth-order valence-corrected chi connectivity index (χ4v) is 1.63. The molecule has 26 heavy (non-hydrogen) atoms. The maximum Gasteiger partial charge on any atom is 0.456 e. The van der Waals surface area contributed by atoms with Gasteiger partial charge in [0.05, 0.1) is 0 Å². The zero-order valence-electron chi connectivity index (χ0n) is 11.0. The molecule has 0 unspecified atom stereocenters. The molecule has 0 aromatic rings. The summed E-state index contributed by atoms with van der Waals surface area (Å²) in [6, 6.07) is 0. The van der Waals surface area contributed by atoms with E-state index in [1.54, 1.807) is 0 Å². The number of alkyl halides is 18. The largest absolute Gasteiger partial charge is 0.456 e. The van der Waals surface area contributed by atoms with E-state index < -0.39 is 42.5 Å². The van der Waals surface area contributed by atoms with Crippen LogP contribution in [0.1, 0.15) is 0 Å². The van der Waals surface area contributed by atoms with Crippen molar-refractivity contribution in [3.63, 3.8) is 0 Å². The average Bonchev–Trinajstić information content (AvgIpc) is 2.35. The molecule has 0 nitrogen and oxygen atoms in total. The van der Waals surface area contributed by atoms with Crippen molar-refractivity contribution in [2.45, 2.75) is 42.5 Å². The van der Waals surface area contributed by atoms with E-state index in [-0.39, 0.29) is 0 Å². The maximum atomic E-state index is 12.4. The van der Waals surface area contributed by atoms with E-state index in [2.05, 4.69) is 46.4 Å². The van der Waals surface area contributed by atoms with Crippen molar-refractivity contribution < 1.29 is 43.9 Å². The van der Waals surface area contributed by atoms with Gasteiger partial charge in [-0.3, -0.25) is 0 Å². The summed E-state index contributed by atoms with van der Waals surface area (Å²) in [6.07, 6.45) is -11.8. The molecule has 0 aromatic heterocycles. The summed E-state index contributed by atoms with van der Waals surface area (Å²) in [7, 11) is 0. The molecular formula is C8H2Cl8F10. The third-order valence-corrected chi connectivity index (χ3v) is 6.12. The summed E-state index contributed by atoms with van der Waals surface area (Å²) >= 11 is 37.8. The minimum atomic E-state index is -5.90. The van der Waals surface area contributed by atoms with Gasteiger partial charge in [0, 0.05) is 0 Å².